The maximum absolute atomic E-state index is 11.8. The smallest absolute Gasteiger partial charge is 0.381 e. The lowest BCUT2D eigenvalue weighted by molar-refractivity contribution is -0.176. The Balaban J connectivity index is 2.14. The molecule has 1 rings (SSSR count). The molecule has 3 nitrogen and oxygen atoms in total. The van der Waals surface area contributed by atoms with Crippen LogP contribution in [-0.4, -0.2) is 38.6 Å². The van der Waals surface area contributed by atoms with E-state index in [9.17, 15) is 13.2 Å². The molecule has 2 unspecified atom stereocenters. The lowest BCUT2D eigenvalue weighted by atomic mass is 9.95. The first-order valence-corrected chi connectivity index (χ1v) is 4.97. The second kappa shape index (κ2) is 5.67. The van der Waals surface area contributed by atoms with E-state index in [1.807, 2.05) is 0 Å². The molecule has 90 valence electrons. The number of halogens is 3. The summed E-state index contributed by atoms with van der Waals surface area (Å²) >= 11 is 0. The van der Waals surface area contributed by atoms with Crippen molar-refractivity contribution in [1.82, 2.24) is 0 Å². The van der Waals surface area contributed by atoms with E-state index in [1.54, 1.807) is 0 Å². The van der Waals surface area contributed by atoms with Crippen molar-refractivity contribution in [3.05, 3.63) is 0 Å². The van der Waals surface area contributed by atoms with Gasteiger partial charge in [0.25, 0.3) is 0 Å². The topological polar surface area (TPSA) is 44.5 Å². The van der Waals surface area contributed by atoms with Gasteiger partial charge in [0.1, 0.15) is 6.61 Å². The van der Waals surface area contributed by atoms with Crippen molar-refractivity contribution in [3.8, 4) is 0 Å². The number of rotatable bonds is 4. The highest BCUT2D eigenvalue weighted by Crippen LogP contribution is 2.18. The molecule has 0 aromatic heterocycles. The van der Waals surface area contributed by atoms with E-state index in [0.29, 0.717) is 13.2 Å². The van der Waals surface area contributed by atoms with Crippen LogP contribution in [0.25, 0.3) is 0 Å². The van der Waals surface area contributed by atoms with Crippen molar-refractivity contribution in [2.75, 3.05) is 26.4 Å². The zero-order valence-corrected chi connectivity index (χ0v) is 8.43. The minimum atomic E-state index is -4.28. The van der Waals surface area contributed by atoms with Gasteiger partial charge in [-0.1, -0.05) is 0 Å². The van der Waals surface area contributed by atoms with E-state index in [1.165, 1.54) is 0 Å². The van der Waals surface area contributed by atoms with Gasteiger partial charge in [0, 0.05) is 12.6 Å². The summed E-state index contributed by atoms with van der Waals surface area (Å²) in [6.07, 6.45) is -2.46. The molecule has 6 heteroatoms. The molecule has 2 atom stereocenters. The van der Waals surface area contributed by atoms with E-state index in [-0.39, 0.29) is 18.6 Å². The van der Waals surface area contributed by atoms with E-state index in [4.69, 9.17) is 10.5 Å². The molecule has 1 fully saturated rings. The molecule has 0 aromatic carbocycles. The van der Waals surface area contributed by atoms with Gasteiger partial charge in [0.2, 0.25) is 0 Å². The molecular weight excluding hydrogens is 211 g/mol. The van der Waals surface area contributed by atoms with Crippen molar-refractivity contribution in [2.24, 2.45) is 11.7 Å². The molecule has 0 radical (unpaired) electrons. The molecule has 15 heavy (non-hydrogen) atoms. The van der Waals surface area contributed by atoms with Gasteiger partial charge in [-0.3, -0.25) is 0 Å². The summed E-state index contributed by atoms with van der Waals surface area (Å²) in [7, 11) is 0. The number of ether oxygens (including phenoxy) is 2. The van der Waals surface area contributed by atoms with Crippen LogP contribution in [0.5, 0.6) is 0 Å². The third kappa shape index (κ3) is 5.34. The standard InChI is InChI=1S/C9H16F3NO2/c10-9(11,12)6-15-5-8(13)7-2-1-3-14-4-7/h7-8H,1-6,13H2. The second-order valence-corrected chi connectivity index (χ2v) is 3.77. The quantitative estimate of drug-likeness (QED) is 0.787. The summed E-state index contributed by atoms with van der Waals surface area (Å²) in [5.41, 5.74) is 5.71. The molecule has 1 saturated heterocycles. The predicted molar refractivity (Wildman–Crippen MR) is 48.4 cm³/mol. The van der Waals surface area contributed by atoms with Crippen molar-refractivity contribution in [1.29, 1.82) is 0 Å². The third-order valence-corrected chi connectivity index (χ3v) is 2.38. The van der Waals surface area contributed by atoms with E-state index >= 15 is 0 Å². The van der Waals surface area contributed by atoms with Crippen molar-refractivity contribution >= 4 is 0 Å². The number of alkyl halides is 3. The van der Waals surface area contributed by atoms with Crippen LogP contribution in [0.4, 0.5) is 13.2 Å². The largest absolute Gasteiger partial charge is 0.411 e. The number of nitrogens with two attached hydrogens (primary N) is 1. The van der Waals surface area contributed by atoms with Gasteiger partial charge < -0.3 is 15.2 Å². The van der Waals surface area contributed by atoms with Crippen LogP contribution in [0.2, 0.25) is 0 Å². The Labute approximate surface area is 86.7 Å². The summed E-state index contributed by atoms with van der Waals surface area (Å²) in [6.45, 7) is -0.0506. The Morgan fingerprint density at radius 2 is 2.20 bits per heavy atom. The fraction of sp³-hybridized carbons (Fsp3) is 1.00. The minimum Gasteiger partial charge on any atom is -0.381 e. The Morgan fingerprint density at radius 3 is 2.73 bits per heavy atom. The average molecular weight is 227 g/mol. The first-order chi connectivity index (χ1) is 6.99. The molecule has 0 saturated carbocycles. The van der Waals surface area contributed by atoms with Crippen molar-refractivity contribution in [3.63, 3.8) is 0 Å². The van der Waals surface area contributed by atoms with Gasteiger partial charge in [0.15, 0.2) is 0 Å². The maximum Gasteiger partial charge on any atom is 0.411 e. The van der Waals surface area contributed by atoms with Crippen LogP contribution in [0.1, 0.15) is 12.8 Å². The normalized spacial score (nSPS) is 25.2. The zero-order valence-electron chi connectivity index (χ0n) is 8.43. The molecule has 1 aliphatic rings. The van der Waals surface area contributed by atoms with Gasteiger partial charge in [0.05, 0.1) is 13.2 Å². The van der Waals surface area contributed by atoms with Gasteiger partial charge in [-0.15, -0.1) is 0 Å². The molecule has 0 bridgehead atoms. The average Bonchev–Trinajstić information content (AvgIpc) is 2.17. The maximum atomic E-state index is 11.8. The fourth-order valence-corrected chi connectivity index (χ4v) is 1.55. The Hall–Kier alpha value is -0.330. The fourth-order valence-electron chi connectivity index (χ4n) is 1.55. The van der Waals surface area contributed by atoms with Crippen LogP contribution < -0.4 is 5.73 Å². The van der Waals surface area contributed by atoms with Crippen LogP contribution in [0.3, 0.4) is 0 Å². The Bertz CT molecular complexity index is 181. The van der Waals surface area contributed by atoms with E-state index in [2.05, 4.69) is 4.74 Å². The zero-order chi connectivity index (χ0) is 11.3. The Morgan fingerprint density at radius 1 is 1.47 bits per heavy atom. The Kier molecular flexibility index (Phi) is 4.82. The minimum absolute atomic E-state index is 0.0620. The highest BCUT2D eigenvalue weighted by Gasteiger charge is 2.28. The third-order valence-electron chi connectivity index (χ3n) is 2.38. The predicted octanol–water partition coefficient (Wildman–Crippen LogP) is 1.32. The second-order valence-electron chi connectivity index (χ2n) is 3.77. The SMILES string of the molecule is NC(COCC(F)(F)F)C1CCCOC1. The molecule has 0 aromatic rings. The number of hydrogen-bond acceptors (Lipinski definition) is 3. The summed E-state index contributed by atoms with van der Waals surface area (Å²) in [5, 5.41) is 0. The van der Waals surface area contributed by atoms with Gasteiger partial charge >= 0.3 is 6.18 Å². The summed E-state index contributed by atoms with van der Waals surface area (Å²) in [6, 6.07) is -0.368. The lowest BCUT2D eigenvalue weighted by Crippen LogP contribution is -2.40. The summed E-state index contributed by atoms with van der Waals surface area (Å²) < 4.78 is 45.0. The molecular formula is C9H16F3NO2. The van der Waals surface area contributed by atoms with Crippen molar-refractivity contribution in [2.45, 2.75) is 25.1 Å². The summed E-state index contributed by atoms with van der Waals surface area (Å²) in [5.74, 6) is 0.118. The van der Waals surface area contributed by atoms with E-state index < -0.39 is 12.8 Å². The summed E-state index contributed by atoms with van der Waals surface area (Å²) in [4.78, 5) is 0. The molecule has 1 heterocycles. The van der Waals surface area contributed by atoms with E-state index in [0.717, 1.165) is 12.8 Å². The van der Waals surface area contributed by atoms with Crippen LogP contribution in [0, 0.1) is 5.92 Å². The molecule has 0 spiro atoms. The highest BCUT2D eigenvalue weighted by molar-refractivity contribution is 4.75. The van der Waals surface area contributed by atoms with Gasteiger partial charge in [-0.25, -0.2) is 0 Å². The first-order valence-electron chi connectivity index (χ1n) is 4.97. The molecule has 1 aliphatic heterocycles. The van der Waals surface area contributed by atoms with Crippen molar-refractivity contribution < 1.29 is 22.6 Å². The highest BCUT2D eigenvalue weighted by atomic mass is 19.4. The van der Waals surface area contributed by atoms with Gasteiger partial charge in [-0.2, -0.15) is 13.2 Å². The molecule has 0 aliphatic carbocycles. The molecule has 2 N–H and O–H groups in total. The monoisotopic (exact) mass is 227 g/mol. The number of hydrogen-bond donors (Lipinski definition) is 1. The van der Waals surface area contributed by atoms with Gasteiger partial charge in [-0.05, 0) is 18.8 Å². The van der Waals surface area contributed by atoms with Crippen LogP contribution >= 0.6 is 0 Å². The van der Waals surface area contributed by atoms with Crippen LogP contribution in [0.15, 0.2) is 0 Å². The van der Waals surface area contributed by atoms with Crippen LogP contribution in [-0.2, 0) is 9.47 Å². The first kappa shape index (κ1) is 12.7. The molecule has 0 amide bonds. The lowest BCUT2D eigenvalue weighted by Gasteiger charge is -2.27.